The van der Waals surface area contributed by atoms with Crippen molar-refractivity contribution in [1.29, 1.82) is 0 Å². The predicted molar refractivity (Wildman–Crippen MR) is 86.5 cm³/mol. The molecule has 0 aromatic heterocycles. The van der Waals surface area contributed by atoms with Crippen molar-refractivity contribution in [1.82, 2.24) is 10.6 Å². The van der Waals surface area contributed by atoms with Crippen molar-refractivity contribution in [2.75, 3.05) is 26.8 Å². The van der Waals surface area contributed by atoms with Gasteiger partial charge in [-0.15, -0.1) is 0 Å². The van der Waals surface area contributed by atoms with Crippen LogP contribution < -0.4 is 10.6 Å². The molecule has 5 heteroatoms. The maximum absolute atomic E-state index is 11.8. The Morgan fingerprint density at radius 2 is 1.71 bits per heavy atom. The molecule has 2 atom stereocenters. The first-order valence-electron chi connectivity index (χ1n) is 7.71. The summed E-state index contributed by atoms with van der Waals surface area (Å²) < 4.78 is 10.4. The molecule has 0 saturated carbocycles. The lowest BCUT2D eigenvalue weighted by molar-refractivity contribution is 0.0501. The van der Waals surface area contributed by atoms with Gasteiger partial charge in [0.1, 0.15) is 5.60 Å². The fourth-order valence-corrected chi connectivity index (χ4v) is 1.79. The zero-order valence-corrected chi connectivity index (χ0v) is 15.0. The summed E-state index contributed by atoms with van der Waals surface area (Å²) in [7, 11) is 1.71. The summed E-state index contributed by atoms with van der Waals surface area (Å²) in [5, 5.41) is 6.41. The molecule has 1 amide bonds. The molecule has 0 radical (unpaired) electrons. The van der Waals surface area contributed by atoms with Crippen molar-refractivity contribution in [2.45, 2.75) is 59.6 Å². The average Bonchev–Trinajstić information content (AvgIpc) is 2.32. The molecule has 0 aliphatic carbocycles. The van der Waals surface area contributed by atoms with E-state index in [2.05, 4.69) is 38.3 Å². The van der Waals surface area contributed by atoms with E-state index in [9.17, 15) is 4.79 Å². The molecular formula is C16H34N2O3. The molecule has 0 rings (SSSR count). The highest BCUT2D eigenvalue weighted by Crippen LogP contribution is 2.16. The van der Waals surface area contributed by atoms with E-state index in [1.54, 1.807) is 7.11 Å². The number of nitrogens with one attached hydrogen (secondary N) is 2. The van der Waals surface area contributed by atoms with E-state index in [0.29, 0.717) is 18.4 Å². The van der Waals surface area contributed by atoms with Gasteiger partial charge in [-0.3, -0.25) is 0 Å². The highest BCUT2D eigenvalue weighted by Gasteiger charge is 2.29. The summed E-state index contributed by atoms with van der Waals surface area (Å²) in [6.07, 6.45) is -0.374. The molecule has 0 saturated heterocycles. The minimum absolute atomic E-state index is 0.182. The van der Waals surface area contributed by atoms with Gasteiger partial charge in [0.05, 0.1) is 0 Å². The normalized spacial score (nSPS) is 16.4. The highest BCUT2D eigenvalue weighted by atomic mass is 16.6. The molecule has 0 aromatic rings. The van der Waals surface area contributed by atoms with Crippen molar-refractivity contribution < 1.29 is 14.3 Å². The van der Waals surface area contributed by atoms with Crippen LogP contribution in [0.3, 0.4) is 0 Å². The lowest BCUT2D eigenvalue weighted by atomic mass is 9.88. The van der Waals surface area contributed by atoms with Gasteiger partial charge in [-0.25, -0.2) is 4.79 Å². The number of methoxy groups -OCH3 is 1. The van der Waals surface area contributed by atoms with Crippen molar-refractivity contribution in [3.05, 3.63) is 0 Å². The molecule has 0 aromatic carbocycles. The maximum Gasteiger partial charge on any atom is 0.407 e. The molecule has 0 bridgehead atoms. The van der Waals surface area contributed by atoms with Crippen molar-refractivity contribution in [3.8, 4) is 0 Å². The molecule has 0 fully saturated rings. The lowest BCUT2D eigenvalue weighted by Crippen LogP contribution is -2.56. The first-order valence-corrected chi connectivity index (χ1v) is 7.71. The van der Waals surface area contributed by atoms with Crippen LogP contribution in [0.1, 0.15) is 48.5 Å². The van der Waals surface area contributed by atoms with E-state index < -0.39 is 5.60 Å². The van der Waals surface area contributed by atoms with Crippen LogP contribution in [0.5, 0.6) is 0 Å². The van der Waals surface area contributed by atoms with Crippen molar-refractivity contribution >= 4 is 6.09 Å². The Morgan fingerprint density at radius 1 is 1.14 bits per heavy atom. The standard InChI is InChI=1S/C16H34N2O3/c1-12(2)16(7,18-9-13(3)10-20-8)11-17-14(19)21-15(4,5)6/h12-13,18H,9-11H2,1-8H3,(H,17,19). The number of carbonyl (C=O) groups excluding carboxylic acids is 1. The largest absolute Gasteiger partial charge is 0.444 e. The van der Waals surface area contributed by atoms with E-state index in [1.807, 2.05) is 20.8 Å². The van der Waals surface area contributed by atoms with Crippen LogP contribution in [0.4, 0.5) is 4.79 Å². The van der Waals surface area contributed by atoms with Crippen molar-refractivity contribution in [2.24, 2.45) is 11.8 Å². The SMILES string of the molecule is COCC(C)CNC(C)(CNC(=O)OC(C)(C)C)C(C)C. The Balaban J connectivity index is 4.43. The Labute approximate surface area is 130 Å². The summed E-state index contributed by atoms with van der Waals surface area (Å²) >= 11 is 0. The summed E-state index contributed by atoms with van der Waals surface area (Å²) in [5.41, 5.74) is -0.655. The van der Waals surface area contributed by atoms with E-state index >= 15 is 0 Å². The minimum atomic E-state index is -0.473. The Kier molecular flexibility index (Phi) is 8.26. The smallest absolute Gasteiger partial charge is 0.407 e. The van der Waals surface area contributed by atoms with Gasteiger partial charge in [0.2, 0.25) is 0 Å². The van der Waals surface area contributed by atoms with Crippen molar-refractivity contribution in [3.63, 3.8) is 0 Å². The van der Waals surface area contributed by atoms with Crippen LogP contribution >= 0.6 is 0 Å². The van der Waals surface area contributed by atoms with Gasteiger partial charge in [0.15, 0.2) is 0 Å². The third-order valence-electron chi connectivity index (χ3n) is 3.58. The summed E-state index contributed by atoms with van der Waals surface area (Å²) in [4.78, 5) is 11.8. The van der Waals surface area contributed by atoms with Gasteiger partial charge in [-0.2, -0.15) is 0 Å². The number of rotatable bonds is 8. The van der Waals surface area contributed by atoms with Crippen LogP contribution in [-0.2, 0) is 9.47 Å². The molecular weight excluding hydrogens is 268 g/mol. The first-order chi connectivity index (χ1) is 9.50. The summed E-state index contributed by atoms with van der Waals surface area (Å²) in [6, 6.07) is 0. The van der Waals surface area contributed by atoms with Gasteiger partial charge in [0, 0.05) is 32.3 Å². The molecule has 0 aliphatic heterocycles. The van der Waals surface area contributed by atoms with Crippen LogP contribution in [0.2, 0.25) is 0 Å². The fourth-order valence-electron chi connectivity index (χ4n) is 1.79. The highest BCUT2D eigenvalue weighted by molar-refractivity contribution is 5.67. The van der Waals surface area contributed by atoms with Gasteiger partial charge >= 0.3 is 6.09 Å². The number of alkyl carbamates (subject to hydrolysis) is 1. The second-order valence-corrected chi connectivity index (χ2v) is 7.37. The third-order valence-corrected chi connectivity index (χ3v) is 3.58. The van der Waals surface area contributed by atoms with E-state index in [-0.39, 0.29) is 11.6 Å². The zero-order valence-electron chi connectivity index (χ0n) is 15.0. The maximum atomic E-state index is 11.8. The van der Waals surface area contributed by atoms with Crippen LogP contribution in [0.15, 0.2) is 0 Å². The zero-order chi connectivity index (χ0) is 16.7. The Morgan fingerprint density at radius 3 is 2.14 bits per heavy atom. The molecule has 0 aliphatic rings. The molecule has 126 valence electrons. The van der Waals surface area contributed by atoms with Gasteiger partial charge in [0.25, 0.3) is 0 Å². The quantitative estimate of drug-likeness (QED) is 0.724. The van der Waals surface area contributed by atoms with Crippen LogP contribution in [0.25, 0.3) is 0 Å². The topological polar surface area (TPSA) is 59.6 Å². The van der Waals surface area contributed by atoms with Gasteiger partial charge < -0.3 is 20.1 Å². The number of hydrogen-bond acceptors (Lipinski definition) is 4. The van der Waals surface area contributed by atoms with E-state index in [1.165, 1.54) is 0 Å². The minimum Gasteiger partial charge on any atom is -0.444 e. The molecule has 2 unspecified atom stereocenters. The predicted octanol–water partition coefficient (Wildman–Crippen LogP) is 2.80. The lowest BCUT2D eigenvalue weighted by Gasteiger charge is -2.36. The Bertz CT molecular complexity index is 313. The van der Waals surface area contributed by atoms with E-state index in [4.69, 9.17) is 9.47 Å². The fraction of sp³-hybridized carbons (Fsp3) is 0.938. The molecule has 0 heterocycles. The summed E-state index contributed by atoms with van der Waals surface area (Å²) in [6.45, 7) is 16.2. The number of amides is 1. The average molecular weight is 302 g/mol. The third kappa shape index (κ3) is 8.94. The van der Waals surface area contributed by atoms with Crippen LogP contribution in [0, 0.1) is 11.8 Å². The number of hydrogen-bond donors (Lipinski definition) is 2. The monoisotopic (exact) mass is 302 g/mol. The van der Waals surface area contributed by atoms with Crippen LogP contribution in [-0.4, -0.2) is 44.0 Å². The van der Waals surface area contributed by atoms with Gasteiger partial charge in [-0.05, 0) is 39.5 Å². The second-order valence-electron chi connectivity index (χ2n) is 7.37. The second kappa shape index (κ2) is 8.59. The number of ether oxygens (including phenoxy) is 2. The first kappa shape index (κ1) is 20.2. The Hall–Kier alpha value is -0.810. The van der Waals surface area contributed by atoms with Gasteiger partial charge in [-0.1, -0.05) is 20.8 Å². The molecule has 5 nitrogen and oxygen atoms in total. The number of carbonyl (C=O) groups is 1. The molecule has 2 N–H and O–H groups in total. The summed E-state index contributed by atoms with van der Waals surface area (Å²) in [5.74, 6) is 0.803. The van der Waals surface area contributed by atoms with E-state index in [0.717, 1.165) is 13.2 Å². The molecule has 21 heavy (non-hydrogen) atoms. The molecule has 0 spiro atoms.